The Morgan fingerprint density at radius 1 is 1.41 bits per heavy atom. The van der Waals surface area contributed by atoms with Crippen molar-refractivity contribution in [3.8, 4) is 0 Å². The minimum atomic E-state index is -2.95. The van der Waals surface area contributed by atoms with E-state index in [0.717, 1.165) is 31.9 Å². The van der Waals surface area contributed by atoms with Gasteiger partial charge >= 0.3 is 0 Å². The third-order valence-corrected chi connectivity index (χ3v) is 3.60. The third-order valence-electron chi connectivity index (χ3n) is 2.69. The van der Waals surface area contributed by atoms with Crippen LogP contribution in [0.1, 0.15) is 19.8 Å². The second kappa shape index (κ2) is 14.3. The van der Waals surface area contributed by atoms with E-state index >= 15 is 0 Å². The molecule has 0 atom stereocenters. The minimum absolute atomic E-state index is 0. The Bertz CT molecular complexity index is 414. The fraction of sp³-hybridized carbons (Fsp3) is 0.786. The van der Waals surface area contributed by atoms with Gasteiger partial charge in [-0.25, -0.2) is 8.42 Å². The second-order valence-corrected chi connectivity index (χ2v) is 7.09. The number of hydrogen-bond donors (Lipinski definition) is 1. The molecule has 0 fully saturated rings. The molecule has 0 heterocycles. The van der Waals surface area contributed by atoms with Gasteiger partial charge in [0.1, 0.15) is 9.84 Å². The van der Waals surface area contributed by atoms with E-state index in [0.29, 0.717) is 13.2 Å². The number of hydrogen-bond acceptors (Lipinski definition) is 4. The smallest absolute Gasteiger partial charge is 0.193 e. The summed E-state index contributed by atoms with van der Waals surface area (Å²) in [6.07, 6.45) is 5.14. The second-order valence-electron chi connectivity index (χ2n) is 4.83. The average Bonchev–Trinajstić information content (AvgIpc) is 2.40. The lowest BCUT2D eigenvalue weighted by molar-refractivity contribution is 0.157. The van der Waals surface area contributed by atoms with E-state index in [2.05, 4.69) is 21.8 Å². The average molecular weight is 447 g/mol. The van der Waals surface area contributed by atoms with Crippen molar-refractivity contribution in [1.29, 1.82) is 0 Å². The topological polar surface area (TPSA) is 71.0 Å². The predicted octanol–water partition coefficient (Wildman–Crippen LogP) is 1.53. The Morgan fingerprint density at radius 3 is 2.64 bits per heavy atom. The van der Waals surface area contributed by atoms with Crippen LogP contribution in [-0.4, -0.2) is 71.2 Å². The molecule has 0 saturated heterocycles. The normalized spacial score (nSPS) is 11.7. The lowest BCUT2D eigenvalue weighted by Crippen LogP contribution is -2.39. The van der Waals surface area contributed by atoms with Crippen LogP contribution < -0.4 is 5.32 Å². The Kier molecular flexibility index (Phi) is 15.5. The zero-order valence-electron chi connectivity index (χ0n) is 13.9. The molecular formula is C14H30IN3O3S. The van der Waals surface area contributed by atoms with Crippen LogP contribution in [0.25, 0.3) is 0 Å². The number of rotatable bonds is 11. The van der Waals surface area contributed by atoms with Crippen molar-refractivity contribution in [2.75, 3.05) is 51.9 Å². The summed E-state index contributed by atoms with van der Waals surface area (Å²) in [5.74, 6) is 0.895. The first kappa shape index (κ1) is 23.9. The highest BCUT2D eigenvalue weighted by Crippen LogP contribution is 1.95. The van der Waals surface area contributed by atoms with Gasteiger partial charge < -0.3 is 15.0 Å². The van der Waals surface area contributed by atoms with Gasteiger partial charge in [0.15, 0.2) is 5.96 Å². The molecule has 0 rings (SSSR count). The van der Waals surface area contributed by atoms with Gasteiger partial charge in [-0.05, 0) is 19.8 Å². The fourth-order valence-electron chi connectivity index (χ4n) is 1.58. The molecule has 0 radical (unpaired) electrons. The van der Waals surface area contributed by atoms with Crippen molar-refractivity contribution in [2.24, 2.45) is 4.99 Å². The molecule has 0 spiro atoms. The van der Waals surface area contributed by atoms with Crippen LogP contribution in [0.2, 0.25) is 0 Å². The predicted molar refractivity (Wildman–Crippen MR) is 104 cm³/mol. The summed E-state index contributed by atoms with van der Waals surface area (Å²) in [6.45, 7) is 8.60. The molecule has 0 amide bonds. The van der Waals surface area contributed by atoms with Gasteiger partial charge in [-0.1, -0.05) is 6.08 Å². The summed E-state index contributed by atoms with van der Waals surface area (Å²) < 4.78 is 27.2. The van der Waals surface area contributed by atoms with Gasteiger partial charge in [-0.15, -0.1) is 30.6 Å². The van der Waals surface area contributed by atoms with Crippen LogP contribution in [0.3, 0.4) is 0 Å². The largest absolute Gasteiger partial charge is 0.378 e. The monoisotopic (exact) mass is 447 g/mol. The first-order chi connectivity index (χ1) is 9.90. The SMILES string of the molecule is C=CCCCN(C)C(=NCCOCCS(C)(=O)=O)NCC.I. The van der Waals surface area contributed by atoms with Crippen LogP contribution >= 0.6 is 24.0 Å². The number of halogens is 1. The van der Waals surface area contributed by atoms with Crippen molar-refractivity contribution in [1.82, 2.24) is 10.2 Å². The summed E-state index contributed by atoms with van der Waals surface area (Å²) in [4.78, 5) is 6.53. The molecule has 0 aliphatic carbocycles. The number of nitrogens with zero attached hydrogens (tertiary/aromatic N) is 2. The zero-order valence-corrected chi connectivity index (χ0v) is 17.0. The molecule has 132 valence electrons. The molecule has 0 aromatic carbocycles. The maximum atomic E-state index is 10.9. The van der Waals surface area contributed by atoms with E-state index in [1.807, 2.05) is 20.0 Å². The Labute approximate surface area is 152 Å². The number of allylic oxidation sites excluding steroid dienone is 1. The lowest BCUT2D eigenvalue weighted by atomic mass is 10.3. The van der Waals surface area contributed by atoms with E-state index < -0.39 is 9.84 Å². The lowest BCUT2D eigenvalue weighted by Gasteiger charge is -2.21. The fourth-order valence-corrected chi connectivity index (χ4v) is 2.00. The van der Waals surface area contributed by atoms with Crippen molar-refractivity contribution in [3.63, 3.8) is 0 Å². The van der Waals surface area contributed by atoms with Gasteiger partial charge in [0.2, 0.25) is 0 Å². The Morgan fingerprint density at radius 2 is 2.09 bits per heavy atom. The number of guanidine groups is 1. The summed E-state index contributed by atoms with van der Waals surface area (Å²) in [7, 11) is -0.957. The first-order valence-corrected chi connectivity index (χ1v) is 9.32. The molecule has 0 bridgehead atoms. The molecule has 22 heavy (non-hydrogen) atoms. The van der Waals surface area contributed by atoms with Crippen LogP contribution in [-0.2, 0) is 14.6 Å². The van der Waals surface area contributed by atoms with Gasteiger partial charge in [0.05, 0.1) is 25.5 Å². The number of unbranched alkanes of at least 4 members (excludes halogenated alkanes) is 1. The maximum absolute atomic E-state index is 10.9. The highest BCUT2D eigenvalue weighted by molar-refractivity contribution is 14.0. The zero-order chi connectivity index (χ0) is 16.1. The van der Waals surface area contributed by atoms with Crippen molar-refractivity contribution in [2.45, 2.75) is 19.8 Å². The summed E-state index contributed by atoms with van der Waals surface area (Å²) >= 11 is 0. The van der Waals surface area contributed by atoms with Crippen LogP contribution in [0.5, 0.6) is 0 Å². The molecule has 0 aliphatic heterocycles. The maximum Gasteiger partial charge on any atom is 0.193 e. The molecule has 0 aliphatic rings. The van der Waals surface area contributed by atoms with E-state index in [1.165, 1.54) is 6.26 Å². The van der Waals surface area contributed by atoms with Crippen LogP contribution in [0, 0.1) is 0 Å². The highest BCUT2D eigenvalue weighted by Gasteiger charge is 2.04. The molecule has 1 N–H and O–H groups in total. The molecule has 0 saturated carbocycles. The Balaban J connectivity index is 0. The molecule has 6 nitrogen and oxygen atoms in total. The molecule has 0 unspecified atom stereocenters. The molecule has 0 aromatic rings. The molecule has 8 heteroatoms. The summed E-state index contributed by atoms with van der Waals surface area (Å²) in [5.41, 5.74) is 0. The number of sulfone groups is 1. The molecular weight excluding hydrogens is 417 g/mol. The van der Waals surface area contributed by atoms with E-state index in [9.17, 15) is 8.42 Å². The van der Waals surface area contributed by atoms with E-state index in [-0.39, 0.29) is 36.3 Å². The van der Waals surface area contributed by atoms with Gasteiger partial charge in [0, 0.05) is 26.4 Å². The molecule has 0 aromatic heterocycles. The van der Waals surface area contributed by atoms with Gasteiger partial charge in [-0.3, -0.25) is 4.99 Å². The van der Waals surface area contributed by atoms with E-state index in [1.54, 1.807) is 0 Å². The van der Waals surface area contributed by atoms with Crippen molar-refractivity contribution >= 4 is 39.8 Å². The quantitative estimate of drug-likeness (QED) is 0.171. The highest BCUT2D eigenvalue weighted by atomic mass is 127. The first-order valence-electron chi connectivity index (χ1n) is 7.26. The van der Waals surface area contributed by atoms with Crippen molar-refractivity contribution < 1.29 is 13.2 Å². The van der Waals surface area contributed by atoms with E-state index in [4.69, 9.17) is 4.74 Å². The van der Waals surface area contributed by atoms with Crippen molar-refractivity contribution in [3.05, 3.63) is 12.7 Å². The summed E-state index contributed by atoms with van der Waals surface area (Å²) in [6, 6.07) is 0. The van der Waals surface area contributed by atoms with Gasteiger partial charge in [-0.2, -0.15) is 0 Å². The number of ether oxygens (including phenoxy) is 1. The van der Waals surface area contributed by atoms with Crippen LogP contribution in [0.4, 0.5) is 0 Å². The Hall–Kier alpha value is -0.350. The summed E-state index contributed by atoms with van der Waals surface area (Å²) in [5, 5.41) is 3.22. The van der Waals surface area contributed by atoms with Gasteiger partial charge in [0.25, 0.3) is 0 Å². The van der Waals surface area contributed by atoms with Crippen LogP contribution in [0.15, 0.2) is 17.6 Å². The number of nitrogens with one attached hydrogen (secondary N) is 1. The minimum Gasteiger partial charge on any atom is -0.378 e. The third kappa shape index (κ3) is 14.6. The standard InChI is InChI=1S/C14H29N3O3S.HI/c1-5-7-8-10-17(3)14(15-6-2)16-9-11-20-12-13-21(4,18)19;/h5H,1,6-13H2,2-4H3,(H,15,16);1H. The number of aliphatic imine (C=N–C) groups is 1.